The number of nitrogens with zero attached hydrogens (tertiary/aromatic N) is 2. The zero-order valence-electron chi connectivity index (χ0n) is 16.0. The maximum Gasteiger partial charge on any atom is 0.262 e. The molecule has 0 saturated carbocycles. The van der Waals surface area contributed by atoms with Crippen LogP contribution >= 0.6 is 11.3 Å². The molecule has 0 radical (unpaired) electrons. The molecule has 0 unspecified atom stereocenters. The molecule has 28 heavy (non-hydrogen) atoms. The number of carbonyl (C=O) groups is 1. The molecule has 0 bridgehead atoms. The summed E-state index contributed by atoms with van der Waals surface area (Å²) < 4.78 is 5.55. The van der Waals surface area contributed by atoms with Crippen LogP contribution in [0.3, 0.4) is 0 Å². The van der Waals surface area contributed by atoms with Gasteiger partial charge in [0.1, 0.15) is 16.8 Å². The predicted molar refractivity (Wildman–Crippen MR) is 112 cm³/mol. The first-order valence-corrected chi connectivity index (χ1v) is 9.73. The highest BCUT2D eigenvalue weighted by atomic mass is 32.1. The van der Waals surface area contributed by atoms with Gasteiger partial charge >= 0.3 is 0 Å². The Labute approximate surface area is 168 Å². The van der Waals surface area contributed by atoms with Crippen LogP contribution < -0.4 is 10.1 Å². The number of para-hydroxylation sites is 1. The summed E-state index contributed by atoms with van der Waals surface area (Å²) in [6.45, 7) is 6.29. The van der Waals surface area contributed by atoms with E-state index < -0.39 is 0 Å². The van der Waals surface area contributed by atoms with Gasteiger partial charge < -0.3 is 10.1 Å². The summed E-state index contributed by atoms with van der Waals surface area (Å²) in [5.74, 6) is 0.279. The Balaban J connectivity index is 1.59. The third-order valence-corrected chi connectivity index (χ3v) is 4.96. The lowest BCUT2D eigenvalue weighted by molar-refractivity contribution is -0.118. The maximum absolute atomic E-state index is 12.1. The molecule has 1 N–H and O–H groups in total. The number of hydrogen-bond donors (Lipinski definition) is 1. The smallest absolute Gasteiger partial charge is 0.262 e. The highest BCUT2D eigenvalue weighted by Crippen LogP contribution is 2.30. The zero-order chi connectivity index (χ0) is 20.1. The van der Waals surface area contributed by atoms with Gasteiger partial charge in [-0.3, -0.25) is 4.79 Å². The van der Waals surface area contributed by atoms with Crippen molar-refractivity contribution in [3.05, 3.63) is 65.2 Å². The third-order valence-electron chi connectivity index (χ3n) is 4.07. The van der Waals surface area contributed by atoms with Crippen molar-refractivity contribution >= 4 is 22.9 Å². The number of thiazole rings is 1. The second-order valence-corrected chi connectivity index (χ2v) is 8.16. The summed E-state index contributed by atoms with van der Waals surface area (Å²) in [5, 5.41) is 14.8. The number of nitrogens with one attached hydrogen (secondary N) is 1. The standard InChI is InChI=1S/C22H21N3O2S/c1-22(2,3)19-14-28-21(25-19)15-8-10-17(11-9-15)27-13-20(26)24-18-7-5-4-6-16(18)12-23/h4-11,14H,13H2,1-3H3,(H,24,26). The normalized spacial score (nSPS) is 10.9. The summed E-state index contributed by atoms with van der Waals surface area (Å²) in [7, 11) is 0. The summed E-state index contributed by atoms with van der Waals surface area (Å²) in [4.78, 5) is 16.8. The molecule has 0 aliphatic rings. The molecular weight excluding hydrogens is 370 g/mol. The molecule has 0 spiro atoms. The lowest BCUT2D eigenvalue weighted by Gasteiger charge is -2.14. The molecule has 3 aromatic rings. The number of amides is 1. The van der Waals surface area contributed by atoms with Crippen molar-refractivity contribution in [2.24, 2.45) is 0 Å². The van der Waals surface area contributed by atoms with E-state index in [1.54, 1.807) is 35.6 Å². The Hall–Kier alpha value is -3.17. The fourth-order valence-electron chi connectivity index (χ4n) is 2.47. The van der Waals surface area contributed by atoms with Gasteiger partial charge in [-0.1, -0.05) is 32.9 Å². The fourth-order valence-corrected chi connectivity index (χ4v) is 3.52. The van der Waals surface area contributed by atoms with Gasteiger partial charge in [0.15, 0.2) is 6.61 Å². The first kappa shape index (κ1) is 19.6. The molecule has 2 aromatic carbocycles. The molecule has 3 rings (SSSR count). The number of rotatable bonds is 5. The van der Waals surface area contributed by atoms with Crippen LogP contribution in [-0.4, -0.2) is 17.5 Å². The molecule has 6 heteroatoms. The van der Waals surface area contributed by atoms with E-state index >= 15 is 0 Å². The second-order valence-electron chi connectivity index (χ2n) is 7.31. The topological polar surface area (TPSA) is 75.0 Å². The highest BCUT2D eigenvalue weighted by Gasteiger charge is 2.18. The van der Waals surface area contributed by atoms with Crippen LogP contribution in [0.25, 0.3) is 10.6 Å². The van der Waals surface area contributed by atoms with Gasteiger partial charge in [-0.15, -0.1) is 11.3 Å². The number of benzene rings is 2. The maximum atomic E-state index is 12.1. The van der Waals surface area contributed by atoms with Crippen molar-refractivity contribution in [1.29, 1.82) is 5.26 Å². The summed E-state index contributed by atoms with van der Waals surface area (Å²) >= 11 is 1.62. The first-order chi connectivity index (χ1) is 13.4. The molecule has 0 saturated heterocycles. The number of nitriles is 1. The largest absolute Gasteiger partial charge is 0.484 e. The minimum atomic E-state index is -0.318. The van der Waals surface area contributed by atoms with E-state index in [0.717, 1.165) is 16.3 Å². The Kier molecular flexibility index (Phi) is 5.76. The minimum absolute atomic E-state index is 0.0231. The summed E-state index contributed by atoms with van der Waals surface area (Å²) in [6.07, 6.45) is 0. The summed E-state index contributed by atoms with van der Waals surface area (Å²) in [6, 6.07) is 16.4. The minimum Gasteiger partial charge on any atom is -0.484 e. The monoisotopic (exact) mass is 391 g/mol. The van der Waals surface area contributed by atoms with Gasteiger partial charge in [-0.2, -0.15) is 5.26 Å². The molecule has 142 valence electrons. The summed E-state index contributed by atoms with van der Waals surface area (Å²) in [5.41, 5.74) is 3.00. The fraction of sp³-hybridized carbons (Fsp3) is 0.227. The van der Waals surface area contributed by atoms with Gasteiger partial charge in [0.05, 0.1) is 16.9 Å². The SMILES string of the molecule is CC(C)(C)c1csc(-c2ccc(OCC(=O)Nc3ccccc3C#N)cc2)n1. The molecule has 0 aliphatic heterocycles. The van der Waals surface area contributed by atoms with E-state index in [1.165, 1.54) is 0 Å². The van der Waals surface area contributed by atoms with E-state index in [-0.39, 0.29) is 17.9 Å². The van der Waals surface area contributed by atoms with Crippen molar-refractivity contribution in [2.45, 2.75) is 26.2 Å². The Bertz CT molecular complexity index is 1010. The van der Waals surface area contributed by atoms with Crippen molar-refractivity contribution in [3.8, 4) is 22.4 Å². The van der Waals surface area contributed by atoms with Crippen LogP contribution in [0, 0.1) is 11.3 Å². The van der Waals surface area contributed by atoms with Crippen LogP contribution in [0.15, 0.2) is 53.9 Å². The van der Waals surface area contributed by atoms with Gasteiger partial charge in [0.2, 0.25) is 0 Å². The van der Waals surface area contributed by atoms with Crippen LogP contribution in [0.2, 0.25) is 0 Å². The molecular formula is C22H21N3O2S. The molecule has 1 aromatic heterocycles. The van der Waals surface area contributed by atoms with Crippen molar-refractivity contribution < 1.29 is 9.53 Å². The van der Waals surface area contributed by atoms with E-state index in [9.17, 15) is 4.79 Å². The Morgan fingerprint density at radius 2 is 1.89 bits per heavy atom. The zero-order valence-corrected chi connectivity index (χ0v) is 16.8. The van der Waals surface area contributed by atoms with Crippen LogP contribution in [0.5, 0.6) is 5.75 Å². The molecule has 1 amide bonds. The number of ether oxygens (including phenoxy) is 1. The second kappa shape index (κ2) is 8.24. The van der Waals surface area contributed by atoms with E-state index in [0.29, 0.717) is 17.0 Å². The van der Waals surface area contributed by atoms with Crippen LogP contribution in [-0.2, 0) is 10.2 Å². The number of aromatic nitrogens is 1. The quantitative estimate of drug-likeness (QED) is 0.664. The Morgan fingerprint density at radius 3 is 2.54 bits per heavy atom. The average molecular weight is 391 g/mol. The predicted octanol–water partition coefficient (Wildman–Crippen LogP) is 5.00. The number of carbonyl (C=O) groups excluding carboxylic acids is 1. The van der Waals surface area contributed by atoms with Crippen molar-refractivity contribution in [2.75, 3.05) is 11.9 Å². The third kappa shape index (κ3) is 4.76. The lowest BCUT2D eigenvalue weighted by Crippen LogP contribution is -2.20. The highest BCUT2D eigenvalue weighted by molar-refractivity contribution is 7.13. The number of anilines is 1. The van der Waals surface area contributed by atoms with Crippen LogP contribution in [0.1, 0.15) is 32.0 Å². The molecule has 1 heterocycles. The molecule has 0 aliphatic carbocycles. The molecule has 0 fully saturated rings. The van der Waals surface area contributed by atoms with E-state index in [2.05, 4.69) is 31.5 Å². The molecule has 5 nitrogen and oxygen atoms in total. The molecule has 0 atom stereocenters. The van der Waals surface area contributed by atoms with E-state index in [1.807, 2.05) is 30.3 Å². The first-order valence-electron chi connectivity index (χ1n) is 8.85. The van der Waals surface area contributed by atoms with Gasteiger partial charge in [0, 0.05) is 16.4 Å². The van der Waals surface area contributed by atoms with Gasteiger partial charge in [-0.25, -0.2) is 4.98 Å². The number of hydrogen-bond acceptors (Lipinski definition) is 5. The van der Waals surface area contributed by atoms with Crippen molar-refractivity contribution in [3.63, 3.8) is 0 Å². The Morgan fingerprint density at radius 1 is 1.18 bits per heavy atom. The van der Waals surface area contributed by atoms with Gasteiger partial charge in [-0.05, 0) is 36.4 Å². The van der Waals surface area contributed by atoms with Crippen LogP contribution in [0.4, 0.5) is 5.69 Å². The van der Waals surface area contributed by atoms with Crippen molar-refractivity contribution in [1.82, 2.24) is 4.98 Å². The van der Waals surface area contributed by atoms with E-state index in [4.69, 9.17) is 15.0 Å². The average Bonchev–Trinajstić information content (AvgIpc) is 3.18. The lowest BCUT2D eigenvalue weighted by atomic mass is 9.93. The van der Waals surface area contributed by atoms with Gasteiger partial charge in [0.25, 0.3) is 5.91 Å².